The fraction of sp³-hybridized carbons (Fsp3) is 0.167. The number of nitrogens with one attached hydrogen (secondary N) is 2. The van der Waals surface area contributed by atoms with Crippen LogP contribution in [-0.2, 0) is 4.79 Å². The zero-order valence-corrected chi connectivity index (χ0v) is 13.4. The van der Waals surface area contributed by atoms with Gasteiger partial charge in [0, 0.05) is 0 Å². The number of ether oxygens (including phenoxy) is 1. The highest BCUT2D eigenvalue weighted by Gasteiger charge is 2.50. The number of esters is 1. The summed E-state index contributed by atoms with van der Waals surface area (Å²) in [5, 5.41) is 5.31. The smallest absolute Gasteiger partial charge is 0.408 e. The van der Waals surface area contributed by atoms with Crippen molar-refractivity contribution in [3.05, 3.63) is 66.0 Å². The van der Waals surface area contributed by atoms with Crippen LogP contribution in [0, 0.1) is 0 Å². The molecule has 1 unspecified atom stereocenters. The zero-order valence-electron chi connectivity index (χ0n) is 13.4. The molecule has 0 amide bonds. The maximum atomic E-state index is 13.5. The van der Waals surface area contributed by atoms with E-state index in [1.54, 1.807) is 47.4 Å². The number of nitrogens with zero attached hydrogens (tertiary/aromatic N) is 1. The molecule has 26 heavy (non-hydrogen) atoms. The zero-order chi connectivity index (χ0) is 18.3. The van der Waals surface area contributed by atoms with Crippen LogP contribution in [0.5, 0.6) is 5.75 Å². The molecule has 2 aromatic rings. The monoisotopic (exact) mass is 361 g/mol. The Balaban J connectivity index is 1.77. The van der Waals surface area contributed by atoms with Crippen LogP contribution in [0.15, 0.2) is 66.0 Å². The molecular formula is C18H14F3N3O2. The van der Waals surface area contributed by atoms with Crippen molar-refractivity contribution in [2.75, 3.05) is 16.9 Å². The lowest BCUT2D eigenvalue weighted by Gasteiger charge is -2.34. The summed E-state index contributed by atoms with van der Waals surface area (Å²) in [6.07, 6.45) is -4.64. The first-order valence-corrected chi connectivity index (χ1v) is 7.90. The van der Waals surface area contributed by atoms with E-state index >= 15 is 0 Å². The van der Waals surface area contributed by atoms with Crippen LogP contribution in [0.25, 0.3) is 0 Å². The number of carbonyl (C=O) groups is 1. The minimum absolute atomic E-state index is 0.0777. The summed E-state index contributed by atoms with van der Waals surface area (Å²) < 4.78 is 45.8. The molecule has 2 aliphatic heterocycles. The molecule has 0 fully saturated rings. The molecule has 0 spiro atoms. The van der Waals surface area contributed by atoms with Gasteiger partial charge in [-0.2, -0.15) is 13.2 Å². The number of hydrogen-bond acceptors (Lipinski definition) is 5. The second-order valence-electron chi connectivity index (χ2n) is 5.87. The van der Waals surface area contributed by atoms with Crippen LogP contribution in [-0.4, -0.2) is 24.9 Å². The number of benzene rings is 2. The van der Waals surface area contributed by atoms with Crippen LogP contribution in [0.4, 0.5) is 24.5 Å². The van der Waals surface area contributed by atoms with Gasteiger partial charge in [-0.25, -0.2) is 4.79 Å². The summed E-state index contributed by atoms with van der Waals surface area (Å²) in [5.74, 6) is -0.779. The first-order valence-electron chi connectivity index (χ1n) is 7.90. The minimum atomic E-state index is -4.64. The van der Waals surface area contributed by atoms with Crippen molar-refractivity contribution in [1.82, 2.24) is 5.32 Å². The Morgan fingerprint density at radius 2 is 1.77 bits per heavy atom. The number of alkyl halides is 3. The molecule has 0 radical (unpaired) electrons. The van der Waals surface area contributed by atoms with E-state index in [2.05, 4.69) is 10.6 Å². The fourth-order valence-electron chi connectivity index (χ4n) is 3.07. The Hall–Kier alpha value is -3.00. The topological polar surface area (TPSA) is 53.6 Å². The molecule has 2 N–H and O–H groups in total. The van der Waals surface area contributed by atoms with Gasteiger partial charge in [-0.3, -0.25) is 5.32 Å². The summed E-state index contributed by atoms with van der Waals surface area (Å²) in [7, 11) is 0. The largest absolute Gasteiger partial charge is 0.423 e. The van der Waals surface area contributed by atoms with Crippen LogP contribution < -0.4 is 20.3 Å². The predicted molar refractivity (Wildman–Crippen MR) is 89.5 cm³/mol. The molecule has 2 aliphatic rings. The van der Waals surface area contributed by atoms with Crippen molar-refractivity contribution in [2.45, 2.75) is 12.2 Å². The Bertz CT molecular complexity index is 881. The van der Waals surface area contributed by atoms with Crippen LogP contribution >= 0.6 is 0 Å². The van der Waals surface area contributed by atoms with E-state index in [1.165, 1.54) is 12.1 Å². The highest BCUT2D eigenvalue weighted by atomic mass is 19.4. The highest BCUT2D eigenvalue weighted by molar-refractivity contribution is 5.97. The molecule has 1 atom stereocenters. The second-order valence-corrected chi connectivity index (χ2v) is 5.87. The summed E-state index contributed by atoms with van der Waals surface area (Å²) >= 11 is 0. The minimum Gasteiger partial charge on any atom is -0.423 e. The van der Waals surface area contributed by atoms with Crippen molar-refractivity contribution >= 4 is 17.3 Å². The average Bonchev–Trinajstić information content (AvgIpc) is 2.99. The lowest BCUT2D eigenvalue weighted by Crippen LogP contribution is -2.55. The molecule has 134 valence electrons. The van der Waals surface area contributed by atoms with E-state index in [0.717, 1.165) is 0 Å². The Labute approximate surface area is 147 Å². The highest BCUT2D eigenvalue weighted by Crippen LogP contribution is 2.41. The summed E-state index contributed by atoms with van der Waals surface area (Å²) in [6, 6.07) is 12.9. The van der Waals surface area contributed by atoms with Gasteiger partial charge in [0.1, 0.15) is 23.2 Å². The molecule has 0 saturated carbocycles. The Morgan fingerprint density at radius 1 is 1.08 bits per heavy atom. The lowest BCUT2D eigenvalue weighted by atomic mass is 10.0. The summed E-state index contributed by atoms with van der Waals surface area (Å²) in [5.41, 5.74) is 0.835. The normalized spacial score (nSPS) is 18.9. The van der Waals surface area contributed by atoms with Crippen LogP contribution in [0.2, 0.25) is 0 Å². The van der Waals surface area contributed by atoms with Gasteiger partial charge in [0.25, 0.3) is 0 Å². The number of anilines is 2. The van der Waals surface area contributed by atoms with Gasteiger partial charge in [-0.05, 0) is 24.3 Å². The Morgan fingerprint density at radius 3 is 2.50 bits per heavy atom. The van der Waals surface area contributed by atoms with Crippen molar-refractivity contribution < 1.29 is 22.7 Å². The molecule has 2 heterocycles. The number of carbonyl (C=O) groups excluding carboxylic acids is 1. The number of rotatable bonds is 2. The molecule has 0 bridgehead atoms. The fourth-order valence-corrected chi connectivity index (χ4v) is 3.07. The van der Waals surface area contributed by atoms with Crippen LogP contribution in [0.1, 0.15) is 0 Å². The van der Waals surface area contributed by atoms with Crippen molar-refractivity contribution in [3.8, 4) is 5.75 Å². The average molecular weight is 361 g/mol. The predicted octanol–water partition coefficient (Wildman–Crippen LogP) is 3.23. The number of fused-ring (bicyclic) bond motifs is 3. The van der Waals surface area contributed by atoms with E-state index in [4.69, 9.17) is 4.74 Å². The third-order valence-corrected chi connectivity index (χ3v) is 4.22. The van der Waals surface area contributed by atoms with Gasteiger partial charge in [0.05, 0.1) is 18.0 Å². The molecule has 4 rings (SSSR count). The van der Waals surface area contributed by atoms with Crippen molar-refractivity contribution in [2.24, 2.45) is 0 Å². The second kappa shape index (κ2) is 6.06. The summed E-state index contributed by atoms with van der Waals surface area (Å²) in [6.45, 7) is -0.0777. The molecule has 0 aliphatic carbocycles. The van der Waals surface area contributed by atoms with Crippen LogP contribution in [0.3, 0.4) is 0 Å². The third kappa shape index (κ3) is 2.78. The number of halogens is 3. The van der Waals surface area contributed by atoms with Gasteiger partial charge >= 0.3 is 12.1 Å². The molecule has 0 aromatic heterocycles. The molecule has 0 saturated heterocycles. The number of hydrogen-bond donors (Lipinski definition) is 2. The summed E-state index contributed by atoms with van der Waals surface area (Å²) in [4.78, 5) is 14.2. The maximum absolute atomic E-state index is 13.5. The Kier molecular flexibility index (Phi) is 3.84. The van der Waals surface area contributed by atoms with Crippen molar-refractivity contribution in [1.29, 1.82) is 0 Å². The van der Waals surface area contributed by atoms with E-state index in [1.807, 2.05) is 0 Å². The molecule has 8 heteroatoms. The molecular weight excluding hydrogens is 347 g/mol. The van der Waals surface area contributed by atoms with Gasteiger partial charge in [0.2, 0.25) is 0 Å². The van der Waals surface area contributed by atoms with Gasteiger partial charge < -0.3 is 15.0 Å². The van der Waals surface area contributed by atoms with Gasteiger partial charge in [-0.15, -0.1) is 0 Å². The number of para-hydroxylation sites is 3. The van der Waals surface area contributed by atoms with E-state index < -0.39 is 23.8 Å². The van der Waals surface area contributed by atoms with Crippen molar-refractivity contribution in [3.63, 3.8) is 0 Å². The SMILES string of the molecule is O=C(Oc1ccccc1)C1=C2Nc3ccccc3N2CNC1C(F)(F)F. The van der Waals surface area contributed by atoms with Gasteiger partial charge in [0.15, 0.2) is 0 Å². The van der Waals surface area contributed by atoms with Gasteiger partial charge in [-0.1, -0.05) is 30.3 Å². The standard InChI is InChI=1S/C18H14F3N3O2/c19-18(20,21)15-14(17(25)26-11-6-2-1-3-7-11)16-23-12-8-4-5-9-13(12)24(16)10-22-15/h1-9,15,22-23H,10H2. The molecule has 5 nitrogen and oxygen atoms in total. The first kappa shape index (κ1) is 16.5. The quantitative estimate of drug-likeness (QED) is 0.635. The maximum Gasteiger partial charge on any atom is 0.408 e. The van der Waals surface area contributed by atoms with E-state index in [-0.39, 0.29) is 18.2 Å². The first-order chi connectivity index (χ1) is 12.4. The third-order valence-electron chi connectivity index (χ3n) is 4.22. The molecule has 2 aromatic carbocycles. The van der Waals surface area contributed by atoms with E-state index in [9.17, 15) is 18.0 Å². The lowest BCUT2D eigenvalue weighted by molar-refractivity contribution is -0.155. The van der Waals surface area contributed by atoms with E-state index in [0.29, 0.717) is 11.4 Å².